The number of carbonyl (C=O) groups is 1. The minimum Gasteiger partial charge on any atom is -0.466 e. The Bertz CT molecular complexity index is 835. The number of halogens is 2. The van der Waals surface area contributed by atoms with Crippen molar-refractivity contribution in [2.45, 2.75) is 31.1 Å². The van der Waals surface area contributed by atoms with Gasteiger partial charge in [0, 0.05) is 20.1 Å². The van der Waals surface area contributed by atoms with Crippen molar-refractivity contribution in [2.24, 2.45) is 5.92 Å². The Hall–Kier alpha value is -0.900. The summed E-state index contributed by atoms with van der Waals surface area (Å²) in [5, 5.41) is 1.49. The van der Waals surface area contributed by atoms with Crippen LogP contribution < -0.4 is 0 Å². The average molecular weight is 451 g/mol. The van der Waals surface area contributed by atoms with Gasteiger partial charge in [-0.3, -0.25) is 9.63 Å². The van der Waals surface area contributed by atoms with Gasteiger partial charge >= 0.3 is 5.97 Å². The van der Waals surface area contributed by atoms with Crippen molar-refractivity contribution in [1.82, 2.24) is 9.37 Å². The Balaban J connectivity index is 1.85. The van der Waals surface area contributed by atoms with E-state index in [9.17, 15) is 13.2 Å². The van der Waals surface area contributed by atoms with Gasteiger partial charge in [0.05, 0.1) is 35.2 Å². The maximum Gasteiger partial charge on any atom is 0.310 e. The van der Waals surface area contributed by atoms with Crippen molar-refractivity contribution in [3.8, 4) is 0 Å². The summed E-state index contributed by atoms with van der Waals surface area (Å²) in [4.78, 5) is 17.6. The van der Waals surface area contributed by atoms with Crippen molar-refractivity contribution in [1.29, 1.82) is 0 Å². The topological polar surface area (TPSA) is 76.1 Å². The lowest BCUT2D eigenvalue weighted by molar-refractivity contribution is -0.149. The number of piperidine rings is 1. The molecule has 2 heterocycles. The zero-order valence-electron chi connectivity index (χ0n) is 15.8. The summed E-state index contributed by atoms with van der Waals surface area (Å²) < 4.78 is 33.3. The summed E-state index contributed by atoms with van der Waals surface area (Å²) in [5.41, 5.74) is 0.710. The average Bonchev–Trinajstić information content (AvgIpc) is 3.06. The van der Waals surface area contributed by atoms with Crippen LogP contribution in [0.25, 0.3) is 0 Å². The van der Waals surface area contributed by atoms with Crippen LogP contribution >= 0.6 is 23.2 Å². The predicted octanol–water partition coefficient (Wildman–Crippen LogP) is 2.89. The molecule has 3 atom stereocenters. The first-order valence-electron chi connectivity index (χ1n) is 9.22. The smallest absolute Gasteiger partial charge is 0.310 e. The van der Waals surface area contributed by atoms with Gasteiger partial charge in [-0.05, 0) is 37.5 Å². The number of nitrogens with zero attached hydrogens (tertiary/aromatic N) is 2. The summed E-state index contributed by atoms with van der Waals surface area (Å²) in [5.74, 6) is -0.782. The summed E-state index contributed by atoms with van der Waals surface area (Å²) in [6.07, 6.45) is 1.24. The fourth-order valence-corrected chi connectivity index (χ4v) is 6.13. The highest BCUT2D eigenvalue weighted by molar-refractivity contribution is 7.89. The minimum atomic E-state index is -3.71. The molecule has 10 heteroatoms. The normalized spacial score (nSPS) is 27.1. The number of rotatable bonds is 5. The molecule has 0 bridgehead atoms. The third kappa shape index (κ3) is 4.32. The van der Waals surface area contributed by atoms with Gasteiger partial charge in [0.2, 0.25) is 10.0 Å². The third-order valence-corrected chi connectivity index (χ3v) is 8.17. The Kier molecular flexibility index (Phi) is 6.89. The number of hydrogen-bond acceptors (Lipinski definition) is 6. The zero-order chi connectivity index (χ0) is 20.5. The fourth-order valence-electron chi connectivity index (χ4n) is 3.78. The van der Waals surface area contributed by atoms with Crippen molar-refractivity contribution in [2.75, 3.05) is 33.4 Å². The molecule has 0 amide bonds. The van der Waals surface area contributed by atoms with Gasteiger partial charge < -0.3 is 4.74 Å². The number of hydroxylamine groups is 2. The van der Waals surface area contributed by atoms with Gasteiger partial charge in [-0.25, -0.2) is 12.7 Å². The molecule has 0 aliphatic carbocycles. The van der Waals surface area contributed by atoms with Crippen molar-refractivity contribution >= 4 is 39.2 Å². The van der Waals surface area contributed by atoms with Gasteiger partial charge in [-0.1, -0.05) is 29.3 Å². The number of benzene rings is 1. The van der Waals surface area contributed by atoms with E-state index in [-0.39, 0.29) is 25.7 Å². The second-order valence-corrected chi connectivity index (χ2v) is 9.96. The molecule has 28 heavy (non-hydrogen) atoms. The van der Waals surface area contributed by atoms with E-state index in [1.807, 2.05) is 0 Å². The highest BCUT2D eigenvalue weighted by Crippen LogP contribution is 2.38. The van der Waals surface area contributed by atoms with Gasteiger partial charge in [-0.15, -0.1) is 0 Å². The summed E-state index contributed by atoms with van der Waals surface area (Å²) in [6, 6.07) is 4.54. The van der Waals surface area contributed by atoms with Crippen molar-refractivity contribution in [3.63, 3.8) is 0 Å². The summed E-state index contributed by atoms with van der Waals surface area (Å²) in [6.45, 7) is 2.57. The molecule has 0 N–H and O–H groups in total. The SMILES string of the molecule is CCOC(=O)[C@@H]1CCCN(S(=O)(=O)[C@@H]2CON(C)[C@@H]2c2ccc(Cl)c(Cl)c2)C1. The Labute approximate surface area is 175 Å². The fraction of sp³-hybridized carbons (Fsp3) is 0.611. The molecule has 1 aromatic carbocycles. The largest absolute Gasteiger partial charge is 0.466 e. The third-order valence-electron chi connectivity index (χ3n) is 5.22. The predicted molar refractivity (Wildman–Crippen MR) is 107 cm³/mol. The van der Waals surface area contributed by atoms with E-state index in [1.165, 1.54) is 9.37 Å². The second kappa shape index (κ2) is 8.85. The highest BCUT2D eigenvalue weighted by atomic mass is 35.5. The maximum absolute atomic E-state index is 13.4. The van der Waals surface area contributed by atoms with Crippen molar-refractivity contribution in [3.05, 3.63) is 33.8 Å². The molecule has 0 saturated carbocycles. The lowest BCUT2D eigenvalue weighted by Crippen LogP contribution is -2.48. The molecule has 2 aliphatic heterocycles. The first kappa shape index (κ1) is 21.8. The van der Waals surface area contributed by atoms with E-state index in [2.05, 4.69) is 0 Å². The molecule has 1 aromatic rings. The van der Waals surface area contributed by atoms with Crippen LogP contribution in [0.15, 0.2) is 18.2 Å². The first-order valence-corrected chi connectivity index (χ1v) is 11.5. The molecule has 2 saturated heterocycles. The summed E-state index contributed by atoms with van der Waals surface area (Å²) in [7, 11) is -2.02. The van der Waals surface area contributed by atoms with E-state index < -0.39 is 27.2 Å². The molecule has 7 nitrogen and oxygen atoms in total. The monoisotopic (exact) mass is 450 g/mol. The number of esters is 1. The van der Waals surface area contributed by atoms with Gasteiger partial charge in [0.1, 0.15) is 5.25 Å². The standard InChI is InChI=1S/C18H24Cl2N2O5S/c1-3-26-18(23)13-5-4-8-22(10-13)28(24,25)16-11-27-21(2)17(16)12-6-7-14(19)15(20)9-12/h6-7,9,13,16-17H,3-5,8,10-11H2,1-2H3/t13-,16-,17-/m1/s1. The molecular weight excluding hydrogens is 427 g/mol. The van der Waals surface area contributed by atoms with E-state index in [4.69, 9.17) is 32.8 Å². The van der Waals surface area contributed by atoms with Crippen LogP contribution in [-0.4, -0.2) is 62.4 Å². The first-order chi connectivity index (χ1) is 13.3. The zero-order valence-corrected chi connectivity index (χ0v) is 18.1. The van der Waals surface area contributed by atoms with Crippen LogP contribution in [-0.2, 0) is 24.4 Å². The van der Waals surface area contributed by atoms with Crippen molar-refractivity contribution < 1.29 is 22.8 Å². The van der Waals surface area contributed by atoms with Crippen LogP contribution in [0.5, 0.6) is 0 Å². The van der Waals surface area contributed by atoms with Gasteiger partial charge in [-0.2, -0.15) is 5.06 Å². The van der Waals surface area contributed by atoms with Crippen LogP contribution in [0.4, 0.5) is 0 Å². The Morgan fingerprint density at radius 2 is 2.07 bits per heavy atom. The van der Waals surface area contributed by atoms with Crippen LogP contribution in [0, 0.1) is 5.92 Å². The molecule has 3 rings (SSSR count). The highest BCUT2D eigenvalue weighted by Gasteiger charge is 2.47. The number of sulfonamides is 1. The van der Waals surface area contributed by atoms with Crippen LogP contribution in [0.1, 0.15) is 31.4 Å². The lowest BCUT2D eigenvalue weighted by atomic mass is 10.0. The van der Waals surface area contributed by atoms with E-state index in [0.29, 0.717) is 35.0 Å². The summed E-state index contributed by atoms with van der Waals surface area (Å²) >= 11 is 12.1. The van der Waals surface area contributed by atoms with Crippen LogP contribution in [0.3, 0.4) is 0 Å². The Morgan fingerprint density at radius 3 is 2.75 bits per heavy atom. The molecule has 0 spiro atoms. The second-order valence-electron chi connectivity index (χ2n) is 6.99. The maximum atomic E-state index is 13.4. The molecule has 0 aromatic heterocycles. The van der Waals surface area contributed by atoms with Gasteiger partial charge in [0.15, 0.2) is 0 Å². The van der Waals surface area contributed by atoms with Gasteiger partial charge in [0.25, 0.3) is 0 Å². The van der Waals surface area contributed by atoms with Crippen LogP contribution in [0.2, 0.25) is 10.0 Å². The Morgan fingerprint density at radius 1 is 1.32 bits per heavy atom. The quantitative estimate of drug-likeness (QED) is 0.641. The molecular formula is C18H24Cl2N2O5S. The number of hydrogen-bond donors (Lipinski definition) is 0. The number of carbonyl (C=O) groups excluding carboxylic acids is 1. The molecule has 156 valence electrons. The molecule has 0 radical (unpaired) electrons. The minimum absolute atomic E-state index is 0.0321. The lowest BCUT2D eigenvalue weighted by Gasteiger charge is -2.34. The molecule has 2 aliphatic rings. The number of ether oxygens (including phenoxy) is 1. The molecule has 0 unspecified atom stereocenters. The van der Waals surface area contributed by atoms with E-state index in [0.717, 1.165) is 0 Å². The van der Waals surface area contributed by atoms with E-state index in [1.54, 1.807) is 32.2 Å². The van der Waals surface area contributed by atoms with E-state index >= 15 is 0 Å². The molecule has 2 fully saturated rings.